The fraction of sp³-hybridized carbons (Fsp3) is 0.389. The molecule has 1 aromatic carbocycles. The van der Waals surface area contributed by atoms with Crippen molar-refractivity contribution < 1.29 is 14.3 Å². The van der Waals surface area contributed by atoms with Gasteiger partial charge in [0.1, 0.15) is 5.01 Å². The number of rotatable bonds is 4. The Balaban J connectivity index is 1.54. The van der Waals surface area contributed by atoms with Crippen LogP contribution < -0.4 is 5.32 Å². The maximum Gasteiger partial charge on any atom is 0.317 e. The molecule has 7 nitrogen and oxygen atoms in total. The van der Waals surface area contributed by atoms with Crippen LogP contribution in [0.4, 0.5) is 4.79 Å². The molecule has 2 aromatic rings. The lowest BCUT2D eigenvalue weighted by molar-refractivity contribution is -0.145. The molecule has 1 N–H and O–H groups in total. The molecule has 1 fully saturated rings. The summed E-state index contributed by atoms with van der Waals surface area (Å²) in [7, 11) is 3.36. The maximum atomic E-state index is 12.4. The fourth-order valence-corrected chi connectivity index (χ4v) is 3.48. The van der Waals surface area contributed by atoms with Gasteiger partial charge in [-0.3, -0.25) is 4.79 Å². The van der Waals surface area contributed by atoms with Gasteiger partial charge in [0.25, 0.3) is 5.91 Å². The summed E-state index contributed by atoms with van der Waals surface area (Å²) in [5, 5.41) is 5.75. The van der Waals surface area contributed by atoms with Gasteiger partial charge in [-0.1, -0.05) is 30.3 Å². The van der Waals surface area contributed by atoms with Gasteiger partial charge in [-0.2, -0.15) is 0 Å². The Bertz CT molecular complexity index is 763. The first-order valence-electron chi connectivity index (χ1n) is 8.40. The fourth-order valence-electron chi connectivity index (χ4n) is 2.65. The van der Waals surface area contributed by atoms with Crippen molar-refractivity contribution in [3.8, 4) is 10.6 Å². The van der Waals surface area contributed by atoms with Crippen molar-refractivity contribution in [3.05, 3.63) is 41.4 Å². The first-order valence-corrected chi connectivity index (χ1v) is 9.28. The minimum Gasteiger partial charge on any atom is -0.365 e. The Morgan fingerprint density at radius 2 is 2.12 bits per heavy atom. The van der Waals surface area contributed by atoms with E-state index in [1.54, 1.807) is 30.3 Å². The second kappa shape index (κ2) is 8.29. The molecule has 1 saturated heterocycles. The second-order valence-electron chi connectivity index (χ2n) is 6.21. The molecule has 2 heterocycles. The van der Waals surface area contributed by atoms with Crippen molar-refractivity contribution in [1.82, 2.24) is 20.1 Å². The monoisotopic (exact) mass is 374 g/mol. The minimum absolute atomic E-state index is 0.130. The summed E-state index contributed by atoms with van der Waals surface area (Å²) in [6.07, 6.45) is -0.603. The van der Waals surface area contributed by atoms with Gasteiger partial charge in [-0.05, 0) is 0 Å². The molecule has 1 aliphatic heterocycles. The molecule has 138 valence electrons. The van der Waals surface area contributed by atoms with Crippen LogP contribution in [0.3, 0.4) is 0 Å². The molecule has 0 unspecified atom stereocenters. The molecule has 0 spiro atoms. The van der Waals surface area contributed by atoms with Crippen LogP contribution in [-0.4, -0.2) is 66.6 Å². The van der Waals surface area contributed by atoms with Crippen LogP contribution in [0.1, 0.15) is 5.69 Å². The van der Waals surface area contributed by atoms with Gasteiger partial charge in [0.2, 0.25) is 0 Å². The lowest BCUT2D eigenvalue weighted by atomic mass is 10.2. The molecule has 1 aromatic heterocycles. The Morgan fingerprint density at radius 3 is 2.85 bits per heavy atom. The molecule has 1 aliphatic rings. The summed E-state index contributed by atoms with van der Waals surface area (Å²) < 4.78 is 5.47. The lowest BCUT2D eigenvalue weighted by Crippen LogP contribution is -2.53. The molecule has 0 saturated carbocycles. The van der Waals surface area contributed by atoms with Gasteiger partial charge in [0.15, 0.2) is 6.10 Å². The quantitative estimate of drug-likeness (QED) is 0.886. The summed E-state index contributed by atoms with van der Waals surface area (Å²) in [5.74, 6) is -0.130. The summed E-state index contributed by atoms with van der Waals surface area (Å²) >= 11 is 1.55. The number of hydrogen-bond donors (Lipinski definition) is 1. The lowest BCUT2D eigenvalue weighted by Gasteiger charge is -2.33. The van der Waals surface area contributed by atoms with Crippen LogP contribution in [0.5, 0.6) is 0 Å². The number of benzene rings is 1. The van der Waals surface area contributed by atoms with E-state index in [-0.39, 0.29) is 18.5 Å². The summed E-state index contributed by atoms with van der Waals surface area (Å²) in [4.78, 5) is 32.1. The summed E-state index contributed by atoms with van der Waals surface area (Å²) in [6, 6.07) is 9.73. The predicted octanol–water partition coefficient (Wildman–Crippen LogP) is 1.81. The average molecular weight is 374 g/mol. The Labute approximate surface area is 156 Å². The van der Waals surface area contributed by atoms with Crippen molar-refractivity contribution >= 4 is 23.3 Å². The number of thiazole rings is 1. The Kier molecular flexibility index (Phi) is 5.85. The SMILES string of the molecule is CN(C)C(=O)[C@H]1CN(C(=O)NCc2csc(-c3ccccc3)n2)CCO1. The van der Waals surface area contributed by atoms with Crippen LogP contribution in [0, 0.1) is 0 Å². The van der Waals surface area contributed by atoms with Crippen molar-refractivity contribution in [1.29, 1.82) is 0 Å². The number of carbonyl (C=O) groups excluding carboxylic acids is 2. The van der Waals surface area contributed by atoms with E-state index >= 15 is 0 Å². The first kappa shape index (κ1) is 18.3. The number of nitrogens with one attached hydrogen (secondary N) is 1. The zero-order valence-electron chi connectivity index (χ0n) is 14.8. The van der Waals surface area contributed by atoms with Crippen LogP contribution in [-0.2, 0) is 16.1 Å². The normalized spacial score (nSPS) is 17.0. The highest BCUT2D eigenvalue weighted by atomic mass is 32.1. The van der Waals surface area contributed by atoms with Crippen LogP contribution in [0.2, 0.25) is 0 Å². The van der Waals surface area contributed by atoms with E-state index in [1.807, 2.05) is 35.7 Å². The summed E-state index contributed by atoms with van der Waals surface area (Å²) in [5.41, 5.74) is 1.88. The third-order valence-corrected chi connectivity index (χ3v) is 5.00. The number of likely N-dealkylation sites (N-methyl/N-ethyl adjacent to an activating group) is 1. The van der Waals surface area contributed by atoms with Gasteiger partial charge in [-0.25, -0.2) is 9.78 Å². The number of amides is 3. The minimum atomic E-state index is -0.603. The molecule has 0 aliphatic carbocycles. The molecule has 3 amide bonds. The van der Waals surface area contributed by atoms with Crippen molar-refractivity contribution in [2.45, 2.75) is 12.6 Å². The summed E-state index contributed by atoms with van der Waals surface area (Å²) in [6.45, 7) is 1.43. The van der Waals surface area contributed by atoms with E-state index in [4.69, 9.17) is 4.74 Å². The van der Waals surface area contributed by atoms with Crippen LogP contribution >= 0.6 is 11.3 Å². The van der Waals surface area contributed by atoms with Crippen molar-refractivity contribution in [2.75, 3.05) is 33.8 Å². The van der Waals surface area contributed by atoms with Gasteiger partial charge in [0, 0.05) is 31.6 Å². The number of morpholine rings is 1. The predicted molar refractivity (Wildman–Crippen MR) is 99.8 cm³/mol. The smallest absolute Gasteiger partial charge is 0.317 e. The zero-order chi connectivity index (χ0) is 18.5. The van der Waals surface area contributed by atoms with Crippen LogP contribution in [0.25, 0.3) is 10.6 Å². The molecule has 0 bridgehead atoms. The highest BCUT2D eigenvalue weighted by molar-refractivity contribution is 7.13. The molecular formula is C18H22N4O3S. The third-order valence-electron chi connectivity index (χ3n) is 4.06. The number of hydrogen-bond acceptors (Lipinski definition) is 5. The topological polar surface area (TPSA) is 74.8 Å². The van der Waals surface area contributed by atoms with E-state index in [0.29, 0.717) is 19.7 Å². The molecular weight excluding hydrogens is 352 g/mol. The molecule has 3 rings (SSSR count). The maximum absolute atomic E-state index is 12.4. The second-order valence-corrected chi connectivity index (χ2v) is 7.06. The zero-order valence-corrected chi connectivity index (χ0v) is 15.7. The van der Waals surface area contributed by atoms with E-state index in [2.05, 4.69) is 10.3 Å². The highest BCUT2D eigenvalue weighted by Gasteiger charge is 2.30. The number of urea groups is 1. The number of carbonyl (C=O) groups is 2. The van der Waals surface area contributed by atoms with Gasteiger partial charge in [-0.15, -0.1) is 11.3 Å². The van der Waals surface area contributed by atoms with E-state index in [9.17, 15) is 9.59 Å². The Morgan fingerprint density at radius 1 is 1.35 bits per heavy atom. The molecule has 1 atom stereocenters. The first-order chi connectivity index (χ1) is 12.5. The molecule has 8 heteroatoms. The number of aromatic nitrogens is 1. The molecule has 26 heavy (non-hydrogen) atoms. The van der Waals surface area contributed by atoms with Crippen molar-refractivity contribution in [3.63, 3.8) is 0 Å². The average Bonchev–Trinajstić information content (AvgIpc) is 3.15. The number of ether oxygens (including phenoxy) is 1. The standard InChI is InChI=1S/C18H22N4O3S/c1-21(2)17(23)15-11-22(8-9-25-15)18(24)19-10-14-12-26-16(20-14)13-6-4-3-5-7-13/h3-7,12,15H,8-11H2,1-2H3,(H,19,24)/t15-/m1/s1. The van der Waals surface area contributed by atoms with Gasteiger partial charge < -0.3 is 19.9 Å². The van der Waals surface area contributed by atoms with Gasteiger partial charge in [0.05, 0.1) is 25.4 Å². The molecule has 0 radical (unpaired) electrons. The van der Waals surface area contributed by atoms with E-state index in [1.165, 1.54) is 4.90 Å². The van der Waals surface area contributed by atoms with E-state index < -0.39 is 6.10 Å². The van der Waals surface area contributed by atoms with Crippen molar-refractivity contribution in [2.24, 2.45) is 0 Å². The Hall–Kier alpha value is -2.45. The van der Waals surface area contributed by atoms with Gasteiger partial charge >= 0.3 is 6.03 Å². The third kappa shape index (κ3) is 4.39. The van der Waals surface area contributed by atoms with Crippen LogP contribution in [0.15, 0.2) is 35.7 Å². The highest BCUT2D eigenvalue weighted by Crippen LogP contribution is 2.23. The number of nitrogens with zero attached hydrogens (tertiary/aromatic N) is 3. The largest absolute Gasteiger partial charge is 0.365 e. The van der Waals surface area contributed by atoms with E-state index in [0.717, 1.165) is 16.3 Å².